The van der Waals surface area contributed by atoms with E-state index in [1.54, 1.807) is 18.3 Å². The van der Waals surface area contributed by atoms with Crippen molar-refractivity contribution in [2.45, 2.75) is 70.9 Å². The summed E-state index contributed by atoms with van der Waals surface area (Å²) in [5, 5.41) is 7.99. The van der Waals surface area contributed by atoms with Crippen LogP contribution < -0.4 is 16.4 Å². The summed E-state index contributed by atoms with van der Waals surface area (Å²) in [5.41, 5.74) is 11.8. The van der Waals surface area contributed by atoms with Crippen molar-refractivity contribution < 1.29 is 18.0 Å². The fourth-order valence-corrected chi connectivity index (χ4v) is 7.44. The van der Waals surface area contributed by atoms with Crippen LogP contribution in [0.3, 0.4) is 0 Å². The molecule has 1 unspecified atom stereocenters. The number of nitrogens with one attached hydrogen (secondary N) is 2. The van der Waals surface area contributed by atoms with Gasteiger partial charge in [-0.05, 0) is 80.6 Å². The summed E-state index contributed by atoms with van der Waals surface area (Å²) in [5.74, 6) is 0.724. The molecule has 1 amide bonds. The Bertz CT molecular complexity index is 1960. The maximum Gasteiger partial charge on any atom is 0.393 e. The van der Waals surface area contributed by atoms with Gasteiger partial charge in [0.05, 0.1) is 17.3 Å². The zero-order valence-electron chi connectivity index (χ0n) is 27.2. The Labute approximate surface area is 281 Å². The van der Waals surface area contributed by atoms with Gasteiger partial charge in [-0.25, -0.2) is 15.0 Å². The van der Waals surface area contributed by atoms with Gasteiger partial charge >= 0.3 is 6.18 Å². The molecule has 1 saturated heterocycles. The quantitative estimate of drug-likeness (QED) is 0.139. The number of amides is 1. The molecule has 0 saturated carbocycles. The number of benzene rings is 1. The number of nitrogens with two attached hydrogens (primary N) is 1. The number of fused-ring (bicyclic) bond motifs is 2. The number of alkyl halides is 3. The zero-order valence-corrected chi connectivity index (χ0v) is 28.0. The van der Waals surface area contributed by atoms with E-state index in [9.17, 15) is 18.0 Å². The third kappa shape index (κ3) is 7.38. The SMILES string of the molecule is C=CC(=O)Nc1ccc(C(C)(N)Cn2c(C)cc3c(C)c(CN4CCC(Nc5ncnc6sc(CC(F)(F)F)cc56)CC4)ccc32)cn1. The van der Waals surface area contributed by atoms with Gasteiger partial charge in [-0.1, -0.05) is 18.7 Å². The molecule has 0 bridgehead atoms. The first-order valence-electron chi connectivity index (χ1n) is 15.9. The van der Waals surface area contributed by atoms with Gasteiger partial charge in [-0.3, -0.25) is 9.69 Å². The highest BCUT2D eigenvalue weighted by Gasteiger charge is 2.30. The summed E-state index contributed by atoms with van der Waals surface area (Å²) in [6.07, 6.45) is 0.891. The van der Waals surface area contributed by atoms with Crippen LogP contribution >= 0.6 is 11.3 Å². The van der Waals surface area contributed by atoms with Gasteiger partial charge in [0.15, 0.2) is 0 Å². The molecule has 48 heavy (non-hydrogen) atoms. The number of likely N-dealkylation sites (tertiary alicyclic amines) is 1. The normalized spacial score (nSPS) is 15.9. The van der Waals surface area contributed by atoms with Gasteiger partial charge < -0.3 is 20.9 Å². The van der Waals surface area contributed by atoms with Crippen LogP contribution in [0, 0.1) is 13.8 Å². The number of nitrogens with zero attached hydrogens (tertiary/aromatic N) is 5. The Morgan fingerprint density at radius 3 is 2.56 bits per heavy atom. The predicted octanol–water partition coefficient (Wildman–Crippen LogP) is 6.84. The number of anilines is 2. The maximum atomic E-state index is 13.0. The van der Waals surface area contributed by atoms with Crippen LogP contribution in [-0.4, -0.2) is 55.6 Å². The van der Waals surface area contributed by atoms with E-state index >= 15 is 0 Å². The van der Waals surface area contributed by atoms with Crippen molar-refractivity contribution in [1.82, 2.24) is 24.4 Å². The fourth-order valence-electron chi connectivity index (χ4n) is 6.41. The summed E-state index contributed by atoms with van der Waals surface area (Å²) < 4.78 is 41.1. The van der Waals surface area contributed by atoms with E-state index < -0.39 is 18.1 Å². The van der Waals surface area contributed by atoms with Crippen molar-refractivity contribution in [3.63, 3.8) is 0 Å². The van der Waals surface area contributed by atoms with E-state index in [4.69, 9.17) is 5.73 Å². The number of carbonyl (C=O) groups excluding carboxylic acids is 1. The van der Waals surface area contributed by atoms with Crippen LogP contribution in [0.4, 0.5) is 24.8 Å². The third-order valence-electron chi connectivity index (χ3n) is 9.10. The molecule has 0 aliphatic carbocycles. The lowest BCUT2D eigenvalue weighted by Gasteiger charge is -2.33. The van der Waals surface area contributed by atoms with Crippen molar-refractivity contribution in [2.75, 3.05) is 23.7 Å². The second-order valence-electron chi connectivity index (χ2n) is 12.8. The molecule has 1 aliphatic heterocycles. The van der Waals surface area contributed by atoms with Crippen LogP contribution in [0.5, 0.6) is 0 Å². The summed E-state index contributed by atoms with van der Waals surface area (Å²) in [6, 6.07) is 12.0. The number of aromatic nitrogens is 4. The molecule has 1 aromatic carbocycles. The number of hydrogen-bond acceptors (Lipinski definition) is 8. The number of carbonyl (C=O) groups is 1. The van der Waals surface area contributed by atoms with E-state index in [1.165, 1.54) is 28.9 Å². The van der Waals surface area contributed by atoms with Gasteiger partial charge in [0.25, 0.3) is 0 Å². The molecular formula is C35H39F3N8OS. The third-order valence-corrected chi connectivity index (χ3v) is 10.1. The lowest BCUT2D eigenvalue weighted by atomic mass is 9.94. The summed E-state index contributed by atoms with van der Waals surface area (Å²) in [6.45, 7) is 12.9. The number of pyridine rings is 1. The highest BCUT2D eigenvalue weighted by atomic mass is 32.1. The molecule has 0 spiro atoms. The van der Waals surface area contributed by atoms with Gasteiger partial charge in [0.2, 0.25) is 5.91 Å². The molecule has 9 nitrogen and oxygen atoms in total. The molecule has 6 rings (SSSR count). The Hall–Kier alpha value is -4.33. The number of piperidine rings is 1. The van der Waals surface area contributed by atoms with Crippen LogP contribution in [0.25, 0.3) is 21.1 Å². The second-order valence-corrected chi connectivity index (χ2v) is 14.0. The van der Waals surface area contributed by atoms with Gasteiger partial charge in [-0.2, -0.15) is 13.2 Å². The minimum atomic E-state index is -4.26. The second kappa shape index (κ2) is 13.3. The fraction of sp³-hybridized carbons (Fsp3) is 0.371. The zero-order chi connectivity index (χ0) is 34.2. The minimum absolute atomic E-state index is 0.174. The number of hydrogen-bond donors (Lipinski definition) is 3. The monoisotopic (exact) mass is 676 g/mol. The topological polar surface area (TPSA) is 114 Å². The number of rotatable bonds is 10. The lowest BCUT2D eigenvalue weighted by Crippen LogP contribution is -2.39. The standard InChI is InChI=1S/C35H39F3N8OS/c1-5-31(47)44-30-9-7-24(17-40-30)34(4,39)19-46-21(2)14-27-22(3)23(6-8-29(27)46)18-45-12-10-25(11-13-45)43-32-28-15-26(16-35(36,37)38)48-33(28)42-20-41-32/h5-9,14-15,17,20,25H,1,10-13,16,18-19,39H2,2-4H3,(H,40,44,47)(H,41,42,43). The smallest absolute Gasteiger partial charge is 0.367 e. The summed E-state index contributed by atoms with van der Waals surface area (Å²) in [7, 11) is 0. The first kappa shape index (κ1) is 33.6. The van der Waals surface area contributed by atoms with Crippen molar-refractivity contribution in [3.05, 3.63) is 88.8 Å². The molecular weight excluding hydrogens is 638 g/mol. The van der Waals surface area contributed by atoms with E-state index in [-0.39, 0.29) is 16.8 Å². The number of halogens is 3. The highest BCUT2D eigenvalue weighted by Crippen LogP contribution is 2.34. The average Bonchev–Trinajstić information content (AvgIpc) is 3.59. The number of thiophene rings is 1. The van der Waals surface area contributed by atoms with E-state index in [0.717, 1.165) is 60.6 Å². The van der Waals surface area contributed by atoms with Crippen molar-refractivity contribution in [2.24, 2.45) is 5.73 Å². The molecule has 4 N–H and O–H groups in total. The Kier molecular flexibility index (Phi) is 9.29. The molecule has 1 aliphatic rings. The van der Waals surface area contributed by atoms with Crippen molar-refractivity contribution >= 4 is 50.0 Å². The van der Waals surface area contributed by atoms with Crippen LogP contribution in [0.15, 0.2) is 61.6 Å². The Morgan fingerprint density at radius 1 is 1.10 bits per heavy atom. The lowest BCUT2D eigenvalue weighted by molar-refractivity contribution is -0.126. The number of aryl methyl sites for hydroxylation is 2. The van der Waals surface area contributed by atoms with Crippen LogP contribution in [0.2, 0.25) is 0 Å². The predicted molar refractivity (Wildman–Crippen MR) is 185 cm³/mol. The summed E-state index contributed by atoms with van der Waals surface area (Å²) >= 11 is 1.07. The molecule has 1 fully saturated rings. The molecule has 5 aromatic rings. The highest BCUT2D eigenvalue weighted by molar-refractivity contribution is 7.18. The minimum Gasteiger partial charge on any atom is -0.367 e. The van der Waals surface area contributed by atoms with Crippen molar-refractivity contribution in [3.8, 4) is 0 Å². The van der Waals surface area contributed by atoms with Crippen LogP contribution in [-0.2, 0) is 29.8 Å². The van der Waals surface area contributed by atoms with Gasteiger partial charge in [0, 0.05) is 59.9 Å². The molecule has 4 aromatic heterocycles. The first-order chi connectivity index (χ1) is 22.8. The molecule has 13 heteroatoms. The average molecular weight is 677 g/mol. The van der Waals surface area contributed by atoms with E-state index in [0.29, 0.717) is 28.4 Å². The molecule has 1 atom stereocenters. The molecule has 5 heterocycles. The van der Waals surface area contributed by atoms with E-state index in [1.807, 2.05) is 13.0 Å². The largest absolute Gasteiger partial charge is 0.393 e. The first-order valence-corrected chi connectivity index (χ1v) is 16.7. The Morgan fingerprint density at radius 2 is 1.88 bits per heavy atom. The van der Waals surface area contributed by atoms with Gasteiger partial charge in [0.1, 0.15) is 22.8 Å². The van der Waals surface area contributed by atoms with E-state index in [2.05, 4.69) is 73.7 Å². The Balaban J connectivity index is 1.10. The summed E-state index contributed by atoms with van der Waals surface area (Å²) in [4.78, 5) is 27.8. The van der Waals surface area contributed by atoms with Crippen LogP contribution in [0.1, 0.15) is 47.0 Å². The molecule has 252 valence electrons. The molecule has 0 radical (unpaired) electrons. The maximum absolute atomic E-state index is 13.0. The van der Waals surface area contributed by atoms with Gasteiger partial charge in [-0.15, -0.1) is 11.3 Å². The van der Waals surface area contributed by atoms with Crippen molar-refractivity contribution in [1.29, 1.82) is 0 Å².